The van der Waals surface area contributed by atoms with Crippen molar-refractivity contribution in [2.75, 3.05) is 11.1 Å². The normalized spacial score (nSPS) is 13.5. The van der Waals surface area contributed by atoms with Gasteiger partial charge < -0.3 is 5.32 Å². The largest absolute Gasteiger partial charge is 0.325 e. The molecule has 0 unspecified atom stereocenters. The highest BCUT2D eigenvalue weighted by Gasteiger charge is 2.19. The second-order valence-corrected chi connectivity index (χ2v) is 9.49. The second kappa shape index (κ2) is 9.44. The number of hydrogen-bond donors (Lipinski definition) is 1. The number of amides is 1. The van der Waals surface area contributed by atoms with Crippen LogP contribution in [0.25, 0.3) is 0 Å². The molecule has 0 radical (unpaired) electrons. The molecule has 1 heterocycles. The molecule has 24 heavy (non-hydrogen) atoms. The van der Waals surface area contributed by atoms with Crippen LogP contribution in [0, 0.1) is 0 Å². The van der Waals surface area contributed by atoms with E-state index >= 15 is 0 Å². The first kappa shape index (κ1) is 19.3. The molecule has 0 aliphatic rings. The molecular weight excluding hydrogens is 358 g/mol. The van der Waals surface area contributed by atoms with Gasteiger partial charge in [0.05, 0.1) is 5.25 Å². The molecule has 130 valence electrons. The molecule has 0 spiro atoms. The Balaban J connectivity index is 2.01. The molecule has 0 saturated carbocycles. The van der Waals surface area contributed by atoms with Crippen LogP contribution >= 0.6 is 34.9 Å². The fourth-order valence-electron chi connectivity index (χ4n) is 2.13. The highest BCUT2D eigenvalue weighted by molar-refractivity contribution is 8.03. The van der Waals surface area contributed by atoms with Crippen molar-refractivity contribution < 1.29 is 4.79 Å². The average molecular weight is 382 g/mol. The molecule has 0 saturated heterocycles. The summed E-state index contributed by atoms with van der Waals surface area (Å²) in [6.07, 6.45) is 1.04. The van der Waals surface area contributed by atoms with Crippen molar-refractivity contribution in [3.05, 3.63) is 29.8 Å². The number of aromatic nitrogens is 2. The van der Waals surface area contributed by atoms with Crippen molar-refractivity contribution >= 4 is 46.5 Å². The monoisotopic (exact) mass is 381 g/mol. The molecule has 2 aromatic rings. The third-order valence-electron chi connectivity index (χ3n) is 3.66. The molecule has 1 N–H and O–H groups in total. The number of anilines is 1. The van der Waals surface area contributed by atoms with E-state index < -0.39 is 0 Å². The van der Waals surface area contributed by atoms with Crippen LogP contribution in [0.1, 0.15) is 45.6 Å². The van der Waals surface area contributed by atoms with Gasteiger partial charge in [-0.1, -0.05) is 73.8 Å². The first-order valence-electron chi connectivity index (χ1n) is 8.07. The molecule has 7 heteroatoms. The van der Waals surface area contributed by atoms with Gasteiger partial charge >= 0.3 is 0 Å². The maximum absolute atomic E-state index is 12.5. The second-order valence-electron chi connectivity index (χ2n) is 5.41. The Hall–Kier alpha value is -1.05. The van der Waals surface area contributed by atoms with Crippen molar-refractivity contribution in [2.24, 2.45) is 0 Å². The molecule has 1 aromatic carbocycles. The lowest BCUT2D eigenvalue weighted by Gasteiger charge is -2.17. The van der Waals surface area contributed by atoms with Gasteiger partial charge in [-0.2, -0.15) is 0 Å². The Morgan fingerprint density at radius 1 is 1.21 bits per heavy atom. The van der Waals surface area contributed by atoms with Crippen LogP contribution in [0.4, 0.5) is 5.69 Å². The Kier molecular flexibility index (Phi) is 7.58. The molecule has 2 atom stereocenters. The molecule has 2 rings (SSSR count). The smallest absolute Gasteiger partial charge is 0.237 e. The topological polar surface area (TPSA) is 54.9 Å². The van der Waals surface area contributed by atoms with Crippen molar-refractivity contribution in [3.63, 3.8) is 0 Å². The van der Waals surface area contributed by atoms with Crippen molar-refractivity contribution in [3.8, 4) is 0 Å². The highest BCUT2D eigenvalue weighted by atomic mass is 32.2. The first-order chi connectivity index (χ1) is 11.5. The predicted molar refractivity (Wildman–Crippen MR) is 105 cm³/mol. The standard InChI is InChI=1S/C17H23N3OS3/c1-5-11(3)13-9-7-8-10-14(13)18-15(21)12(4)23-17-20-19-16(24-17)22-6-2/h7-12H,5-6H2,1-4H3,(H,18,21)/t11-,12+/m0/s1. The van der Waals surface area contributed by atoms with Gasteiger partial charge in [0.1, 0.15) is 0 Å². The van der Waals surface area contributed by atoms with E-state index in [1.54, 1.807) is 23.1 Å². The van der Waals surface area contributed by atoms with Crippen LogP contribution in [0.5, 0.6) is 0 Å². The maximum atomic E-state index is 12.5. The molecule has 0 aliphatic carbocycles. The minimum absolute atomic E-state index is 0.00403. The van der Waals surface area contributed by atoms with Gasteiger partial charge in [-0.15, -0.1) is 10.2 Å². The zero-order chi connectivity index (χ0) is 17.5. The van der Waals surface area contributed by atoms with Gasteiger partial charge in [0.15, 0.2) is 8.68 Å². The van der Waals surface area contributed by atoms with Crippen LogP contribution in [0.15, 0.2) is 32.9 Å². The molecule has 0 fully saturated rings. The molecule has 1 amide bonds. The molecule has 0 aliphatic heterocycles. The fraction of sp³-hybridized carbons (Fsp3) is 0.471. The number of carbonyl (C=O) groups excluding carboxylic acids is 1. The van der Waals surface area contributed by atoms with Crippen molar-refractivity contribution in [1.82, 2.24) is 10.2 Å². The van der Waals surface area contributed by atoms with E-state index in [2.05, 4.69) is 42.4 Å². The van der Waals surface area contributed by atoms with Gasteiger partial charge in [-0.3, -0.25) is 4.79 Å². The summed E-state index contributed by atoms with van der Waals surface area (Å²) in [7, 11) is 0. The van der Waals surface area contributed by atoms with Gasteiger partial charge in [-0.05, 0) is 36.6 Å². The number of rotatable bonds is 8. The Labute approximate surface area is 156 Å². The van der Waals surface area contributed by atoms with Crippen LogP contribution in [-0.4, -0.2) is 27.1 Å². The maximum Gasteiger partial charge on any atom is 0.237 e. The average Bonchev–Trinajstić information content (AvgIpc) is 3.02. The lowest BCUT2D eigenvalue weighted by atomic mass is 9.97. The van der Waals surface area contributed by atoms with Crippen LogP contribution in [0.3, 0.4) is 0 Å². The Morgan fingerprint density at radius 3 is 2.62 bits per heavy atom. The van der Waals surface area contributed by atoms with Gasteiger partial charge in [0.2, 0.25) is 5.91 Å². The molecule has 1 aromatic heterocycles. The SMILES string of the molecule is CCSc1nnc(S[C@H](C)C(=O)Nc2ccccc2[C@@H](C)CC)s1. The number of hydrogen-bond acceptors (Lipinski definition) is 6. The van der Waals surface area contributed by atoms with Gasteiger partial charge in [0, 0.05) is 5.69 Å². The number of nitrogens with one attached hydrogen (secondary N) is 1. The molecule has 0 bridgehead atoms. The zero-order valence-electron chi connectivity index (χ0n) is 14.4. The van der Waals surface area contributed by atoms with E-state index in [1.165, 1.54) is 17.3 Å². The fourth-order valence-corrected chi connectivity index (χ4v) is 5.19. The minimum atomic E-state index is -0.220. The van der Waals surface area contributed by atoms with Gasteiger partial charge in [-0.25, -0.2) is 0 Å². The third kappa shape index (κ3) is 5.22. The summed E-state index contributed by atoms with van der Waals surface area (Å²) in [6.45, 7) is 8.32. The summed E-state index contributed by atoms with van der Waals surface area (Å²) in [5, 5.41) is 11.1. The molecular formula is C17H23N3OS3. The van der Waals surface area contributed by atoms with Crippen LogP contribution < -0.4 is 5.32 Å². The van der Waals surface area contributed by atoms with E-state index in [1.807, 2.05) is 25.1 Å². The van der Waals surface area contributed by atoms with Crippen molar-refractivity contribution in [1.29, 1.82) is 0 Å². The number of carbonyl (C=O) groups is 1. The number of para-hydroxylation sites is 1. The Bertz CT molecular complexity index is 675. The predicted octanol–water partition coefficient (Wildman–Crippen LogP) is 5.28. The first-order valence-corrected chi connectivity index (χ1v) is 10.8. The van der Waals surface area contributed by atoms with Crippen LogP contribution in [0.2, 0.25) is 0 Å². The van der Waals surface area contributed by atoms with E-state index in [0.29, 0.717) is 5.92 Å². The quantitative estimate of drug-likeness (QED) is 0.630. The van der Waals surface area contributed by atoms with Crippen molar-refractivity contribution in [2.45, 2.75) is 54.0 Å². The van der Waals surface area contributed by atoms with Gasteiger partial charge in [0.25, 0.3) is 0 Å². The summed E-state index contributed by atoms with van der Waals surface area (Å²) in [5.74, 6) is 1.39. The summed E-state index contributed by atoms with van der Waals surface area (Å²) in [4.78, 5) is 12.5. The van der Waals surface area contributed by atoms with E-state index in [4.69, 9.17) is 0 Å². The lowest BCUT2D eigenvalue weighted by Crippen LogP contribution is -2.23. The van der Waals surface area contributed by atoms with E-state index in [0.717, 1.165) is 26.5 Å². The van der Waals surface area contributed by atoms with Crippen LogP contribution in [-0.2, 0) is 4.79 Å². The number of thioether (sulfide) groups is 2. The van der Waals surface area contributed by atoms with E-state index in [9.17, 15) is 4.79 Å². The zero-order valence-corrected chi connectivity index (χ0v) is 16.9. The Morgan fingerprint density at radius 2 is 1.92 bits per heavy atom. The lowest BCUT2D eigenvalue weighted by molar-refractivity contribution is -0.115. The summed E-state index contributed by atoms with van der Waals surface area (Å²) in [6, 6.07) is 8.03. The number of nitrogens with zero attached hydrogens (tertiary/aromatic N) is 2. The summed E-state index contributed by atoms with van der Waals surface area (Å²) >= 11 is 4.67. The van der Waals surface area contributed by atoms with E-state index in [-0.39, 0.29) is 11.2 Å². The highest BCUT2D eigenvalue weighted by Crippen LogP contribution is 2.32. The minimum Gasteiger partial charge on any atom is -0.325 e. The summed E-state index contributed by atoms with van der Waals surface area (Å²) < 4.78 is 1.79. The molecule has 4 nitrogen and oxygen atoms in total. The third-order valence-corrected chi connectivity index (χ3v) is 6.79. The summed E-state index contributed by atoms with van der Waals surface area (Å²) in [5.41, 5.74) is 2.09. The number of benzene rings is 1.